The highest BCUT2D eigenvalue weighted by atomic mass is 16.5. The Hall–Kier alpha value is -7.85. The molecule has 8 amide bonds. The lowest BCUT2D eigenvalue weighted by molar-refractivity contribution is -0.144. The summed E-state index contributed by atoms with van der Waals surface area (Å²) in [4.78, 5) is 129. The number of nitrogens with zero attached hydrogens (tertiary/aromatic N) is 2. The number of ether oxygens (including phenoxy) is 1. The van der Waals surface area contributed by atoms with E-state index in [0.29, 0.717) is 95.8 Å². The first-order valence-electron chi connectivity index (χ1n) is 34.5. The Morgan fingerprint density at radius 2 is 0.936 bits per heavy atom. The van der Waals surface area contributed by atoms with E-state index in [9.17, 15) is 43.2 Å². The number of unbranched alkanes of at least 4 members (excludes halogenated alkanes) is 6. The second-order valence-corrected chi connectivity index (χ2v) is 25.7. The van der Waals surface area contributed by atoms with Crippen molar-refractivity contribution >= 4 is 53.0 Å². The van der Waals surface area contributed by atoms with Crippen molar-refractivity contribution in [3.63, 3.8) is 0 Å². The lowest BCUT2D eigenvalue weighted by atomic mass is 9.92. The predicted octanol–water partition coefficient (Wildman–Crippen LogP) is 5.98. The lowest BCUT2D eigenvalue weighted by Crippen LogP contribution is -2.59. The predicted molar refractivity (Wildman–Crippen MR) is 360 cm³/mol. The fraction of sp³-hybridized carbons (Fsp3) is 0.548. The number of fused-ring (bicyclic) bond motifs is 2. The SMILES string of the molecule is CC[C@H](NC)C(=O)N[C@@H]1C(=O)N2[C@@H](CC[C@@H]1CNC(=O)COCC(=O)NCCCCCCCCCC(=O)[C@@H](NC(=O)[C@@H]1CC[C@@H]3CC[C@H](CNCc4ccccc4)[C@H](NC(=O)[C@H](CC)NC)C(=O)N31)c1ccccc1)CC[C@H]2C(=O)NC(c1ccccc1)c1ccccc1. The Labute approximate surface area is 554 Å². The summed E-state index contributed by atoms with van der Waals surface area (Å²) < 4.78 is 5.50. The zero-order chi connectivity index (χ0) is 66.8. The van der Waals surface area contributed by atoms with Gasteiger partial charge in [0.05, 0.1) is 18.1 Å². The van der Waals surface area contributed by atoms with Crippen molar-refractivity contribution < 1.29 is 47.9 Å². The number of hydrogen-bond donors (Lipinski definition) is 9. The van der Waals surface area contributed by atoms with Gasteiger partial charge in [0.2, 0.25) is 47.3 Å². The van der Waals surface area contributed by atoms with E-state index in [-0.39, 0.29) is 91.3 Å². The molecule has 0 spiro atoms. The lowest BCUT2D eigenvalue weighted by Gasteiger charge is -2.33. The average Bonchev–Trinajstić information content (AvgIpc) is 1.64. The highest BCUT2D eigenvalue weighted by Crippen LogP contribution is 2.37. The van der Waals surface area contributed by atoms with Crippen LogP contribution in [0.25, 0.3) is 0 Å². The van der Waals surface area contributed by atoms with Crippen LogP contribution in [0.5, 0.6) is 0 Å². The number of Topliss-reactive ketones (excluding diaryl/α,β-unsaturated/α-hetero) is 1. The first-order chi connectivity index (χ1) is 45.7. The molecule has 4 saturated heterocycles. The number of benzene rings is 4. The zero-order valence-corrected chi connectivity index (χ0v) is 55.4. The van der Waals surface area contributed by atoms with Crippen molar-refractivity contribution in [2.24, 2.45) is 11.8 Å². The molecule has 8 rings (SSSR count). The Morgan fingerprint density at radius 3 is 1.44 bits per heavy atom. The zero-order valence-electron chi connectivity index (χ0n) is 55.4. The Bertz CT molecular complexity index is 3040. The second kappa shape index (κ2) is 37.3. The Kier molecular flexibility index (Phi) is 28.6. The molecule has 21 nitrogen and oxygen atoms in total. The number of likely N-dealkylation sites (N-methyl/N-ethyl adjacent to an activating group) is 2. The third-order valence-electron chi connectivity index (χ3n) is 19.4. The van der Waals surface area contributed by atoms with E-state index in [1.807, 2.05) is 135 Å². The topological polar surface area (TPSA) is 278 Å². The van der Waals surface area contributed by atoms with Crippen LogP contribution in [0.3, 0.4) is 0 Å². The molecule has 4 aromatic rings. The van der Waals surface area contributed by atoms with Gasteiger partial charge in [-0.25, -0.2) is 0 Å². The molecule has 11 atom stereocenters. The summed E-state index contributed by atoms with van der Waals surface area (Å²) in [6, 6.07) is 32.5. The molecule has 9 N–H and O–H groups in total. The molecule has 4 aliphatic rings. The minimum absolute atomic E-state index is 0.0690. The van der Waals surface area contributed by atoms with Gasteiger partial charge in [0.1, 0.15) is 43.4 Å². The van der Waals surface area contributed by atoms with Gasteiger partial charge in [-0.3, -0.25) is 43.2 Å². The molecule has 4 heterocycles. The molecule has 94 heavy (non-hydrogen) atoms. The molecule has 0 saturated carbocycles. The molecular formula is C73H101N11O10. The third kappa shape index (κ3) is 20.1. The summed E-state index contributed by atoms with van der Waals surface area (Å²) in [5.41, 5.74) is 3.61. The van der Waals surface area contributed by atoms with E-state index in [0.717, 1.165) is 55.2 Å². The average molecular weight is 1290 g/mol. The van der Waals surface area contributed by atoms with Crippen LogP contribution in [0.4, 0.5) is 0 Å². The van der Waals surface area contributed by atoms with Crippen LogP contribution < -0.4 is 47.9 Å². The van der Waals surface area contributed by atoms with E-state index in [2.05, 4.69) is 47.9 Å². The van der Waals surface area contributed by atoms with Crippen molar-refractivity contribution in [3.8, 4) is 0 Å². The quantitative estimate of drug-likeness (QED) is 0.0237. The fourth-order valence-electron chi connectivity index (χ4n) is 14.1. The molecule has 508 valence electrons. The van der Waals surface area contributed by atoms with Crippen LogP contribution in [-0.4, -0.2) is 158 Å². The number of amides is 8. The van der Waals surface area contributed by atoms with Gasteiger partial charge in [0.15, 0.2) is 5.78 Å². The number of nitrogens with one attached hydrogen (secondary N) is 9. The monoisotopic (exact) mass is 1290 g/mol. The highest BCUT2D eigenvalue weighted by molar-refractivity contribution is 5.97. The number of carbonyl (C=O) groups is 9. The van der Waals surface area contributed by atoms with Gasteiger partial charge >= 0.3 is 0 Å². The van der Waals surface area contributed by atoms with Crippen LogP contribution in [0.1, 0.15) is 164 Å². The largest absolute Gasteiger partial charge is 0.362 e. The number of rotatable bonds is 36. The fourth-order valence-corrected chi connectivity index (χ4v) is 14.1. The maximum absolute atomic E-state index is 14.8. The molecule has 4 aromatic carbocycles. The molecule has 0 aliphatic carbocycles. The third-order valence-corrected chi connectivity index (χ3v) is 19.4. The summed E-state index contributed by atoms with van der Waals surface area (Å²) in [6.07, 6.45) is 11.9. The first-order valence-corrected chi connectivity index (χ1v) is 34.5. The van der Waals surface area contributed by atoms with Gasteiger partial charge in [-0.05, 0) is 113 Å². The van der Waals surface area contributed by atoms with E-state index in [1.54, 1.807) is 23.9 Å². The van der Waals surface area contributed by atoms with E-state index in [4.69, 9.17) is 4.74 Å². The van der Waals surface area contributed by atoms with Crippen molar-refractivity contribution in [3.05, 3.63) is 144 Å². The number of hydrogen-bond acceptors (Lipinski definition) is 13. The molecular weight excluding hydrogens is 1190 g/mol. The molecule has 4 fully saturated rings. The van der Waals surface area contributed by atoms with Gasteiger partial charge in [-0.2, -0.15) is 0 Å². The van der Waals surface area contributed by atoms with E-state index in [1.165, 1.54) is 0 Å². The smallest absolute Gasteiger partial charge is 0.246 e. The van der Waals surface area contributed by atoms with Gasteiger partial charge in [0, 0.05) is 56.5 Å². The van der Waals surface area contributed by atoms with Crippen molar-refractivity contribution in [1.82, 2.24) is 57.7 Å². The van der Waals surface area contributed by atoms with Crippen LogP contribution in [0, 0.1) is 11.8 Å². The van der Waals surface area contributed by atoms with Gasteiger partial charge < -0.3 is 62.4 Å². The van der Waals surface area contributed by atoms with E-state index >= 15 is 0 Å². The summed E-state index contributed by atoms with van der Waals surface area (Å²) in [7, 11) is 3.41. The van der Waals surface area contributed by atoms with Crippen LogP contribution in [0.15, 0.2) is 121 Å². The van der Waals surface area contributed by atoms with Gasteiger partial charge in [-0.15, -0.1) is 0 Å². The molecule has 21 heteroatoms. The summed E-state index contributed by atoms with van der Waals surface area (Å²) in [5, 5.41) is 27.7. The van der Waals surface area contributed by atoms with Crippen LogP contribution in [-0.2, 0) is 54.4 Å². The van der Waals surface area contributed by atoms with Crippen molar-refractivity contribution in [1.29, 1.82) is 0 Å². The second-order valence-electron chi connectivity index (χ2n) is 25.7. The number of ketones is 1. The van der Waals surface area contributed by atoms with Gasteiger partial charge in [0.25, 0.3) is 0 Å². The molecule has 0 radical (unpaired) electrons. The minimum atomic E-state index is -1.01. The normalized spacial score (nSPS) is 22.0. The van der Waals surface area contributed by atoms with E-state index < -0.39 is 60.2 Å². The van der Waals surface area contributed by atoms with Crippen LogP contribution >= 0.6 is 0 Å². The maximum atomic E-state index is 14.8. The molecule has 4 aliphatic heterocycles. The standard InChI is InChI=1S/C73H101N11O10/c1-5-57(74-3)68(88)81-66-53(45-76-44-49-26-16-12-17-27-49)35-37-55-40-42-60(84(55)72(66)92)71(91)80-65(52-32-22-15-23-33-52)61(85)34-24-10-8-7-9-11-25-43-77-62(86)47-94-48-63(87)78-46-54-36-38-56-39-41-59(83(56)73(93)67(54)82-69(89)58(6-2)75-4)70(90)79-64(50-28-18-13-19-29-50)51-30-20-14-21-31-51/h12-23,26-33,53-60,64-67,74-76H,5-11,24-25,34-48H2,1-4H3,(H,77,86)(H,78,87)(H,79,90)(H,80,91)(H,81,88)(H,82,89)/t53-,54-,55+,56+,57+,58+,59+,60+,65+,66+,67+/m1/s1. The molecule has 0 aromatic heterocycles. The Balaban J connectivity index is 0.734. The molecule has 0 bridgehead atoms. The number of carbonyl (C=O) groups excluding carboxylic acids is 9. The summed E-state index contributed by atoms with van der Waals surface area (Å²) in [5.74, 6) is -3.46. The minimum Gasteiger partial charge on any atom is -0.362 e. The Morgan fingerprint density at radius 1 is 0.500 bits per heavy atom. The first kappa shape index (κ1) is 72.0. The van der Waals surface area contributed by atoms with Crippen molar-refractivity contribution in [2.75, 3.05) is 46.9 Å². The summed E-state index contributed by atoms with van der Waals surface area (Å²) >= 11 is 0. The maximum Gasteiger partial charge on any atom is 0.246 e. The highest BCUT2D eigenvalue weighted by Gasteiger charge is 2.50. The molecule has 0 unspecified atom stereocenters. The van der Waals surface area contributed by atoms with Crippen LogP contribution in [0.2, 0.25) is 0 Å². The van der Waals surface area contributed by atoms with Gasteiger partial charge in [-0.1, -0.05) is 167 Å². The summed E-state index contributed by atoms with van der Waals surface area (Å²) in [6.45, 7) is 4.73. The van der Waals surface area contributed by atoms with Crippen molar-refractivity contribution in [2.45, 2.75) is 196 Å².